The van der Waals surface area contributed by atoms with Crippen LogP contribution in [0.2, 0.25) is 10.0 Å². The van der Waals surface area contributed by atoms with Gasteiger partial charge in [0.05, 0.1) is 34.7 Å². The van der Waals surface area contributed by atoms with E-state index in [0.29, 0.717) is 26.5 Å². The maximum absolute atomic E-state index is 13.1. The van der Waals surface area contributed by atoms with Gasteiger partial charge in [-0.25, -0.2) is 12.8 Å². The Kier molecular flexibility index (Phi) is 5.63. The molecule has 4 rings (SSSR count). The van der Waals surface area contributed by atoms with Crippen molar-refractivity contribution in [2.75, 3.05) is 16.4 Å². The van der Waals surface area contributed by atoms with E-state index in [-0.39, 0.29) is 35.0 Å². The molecule has 0 saturated carbocycles. The first-order valence-corrected chi connectivity index (χ1v) is 12.1. The number of halogens is 3. The maximum atomic E-state index is 13.1. The maximum Gasteiger partial charge on any atom is 0.252 e. The van der Waals surface area contributed by atoms with Crippen molar-refractivity contribution in [1.82, 2.24) is 0 Å². The van der Waals surface area contributed by atoms with E-state index in [1.54, 1.807) is 23.1 Å². The van der Waals surface area contributed by atoms with Gasteiger partial charge in [0.1, 0.15) is 5.82 Å². The lowest BCUT2D eigenvalue weighted by atomic mass is 10.1. The van der Waals surface area contributed by atoms with Crippen molar-refractivity contribution in [2.24, 2.45) is 4.99 Å². The average Bonchev–Trinajstić information content (AvgIpc) is 3.08. The van der Waals surface area contributed by atoms with Crippen LogP contribution >= 0.6 is 35.0 Å². The van der Waals surface area contributed by atoms with E-state index in [9.17, 15) is 17.6 Å². The highest BCUT2D eigenvalue weighted by molar-refractivity contribution is 8.16. The number of carbonyl (C=O) groups is 1. The van der Waals surface area contributed by atoms with Gasteiger partial charge in [-0.1, -0.05) is 47.1 Å². The monoisotopic (exact) mass is 472 g/mol. The SMILES string of the molecule is O=C(Cc1ccc(F)cc1)N=C1S[C@@H]2CS(=O)(=O)C[C@H]2N1c1ccc(Cl)cc1Cl. The Hall–Kier alpha value is -1.61. The molecule has 2 heterocycles. The molecule has 0 radical (unpaired) electrons. The van der Waals surface area contributed by atoms with Crippen LogP contribution in [0.15, 0.2) is 47.5 Å². The molecule has 29 heavy (non-hydrogen) atoms. The first-order valence-electron chi connectivity index (χ1n) is 8.69. The largest absolute Gasteiger partial charge is 0.314 e. The smallest absolute Gasteiger partial charge is 0.252 e. The Morgan fingerprint density at radius 2 is 1.90 bits per heavy atom. The van der Waals surface area contributed by atoms with Crippen LogP contribution in [0.4, 0.5) is 10.1 Å². The number of thioether (sulfide) groups is 1. The summed E-state index contributed by atoms with van der Waals surface area (Å²) >= 11 is 13.6. The van der Waals surface area contributed by atoms with Gasteiger partial charge in [-0.15, -0.1) is 0 Å². The summed E-state index contributed by atoms with van der Waals surface area (Å²) in [7, 11) is -3.18. The quantitative estimate of drug-likeness (QED) is 0.675. The molecule has 0 spiro atoms. The molecule has 1 amide bonds. The second kappa shape index (κ2) is 7.91. The number of carbonyl (C=O) groups excluding carboxylic acids is 1. The zero-order valence-corrected chi connectivity index (χ0v) is 18.0. The van der Waals surface area contributed by atoms with E-state index in [1.807, 2.05) is 0 Å². The summed E-state index contributed by atoms with van der Waals surface area (Å²) in [4.78, 5) is 18.5. The van der Waals surface area contributed by atoms with Gasteiger partial charge in [-0.05, 0) is 35.9 Å². The summed E-state index contributed by atoms with van der Waals surface area (Å²) in [5, 5.41) is 0.976. The highest BCUT2D eigenvalue weighted by Gasteiger charge is 2.49. The van der Waals surface area contributed by atoms with E-state index < -0.39 is 15.7 Å². The van der Waals surface area contributed by atoms with Crippen LogP contribution in [-0.4, -0.2) is 42.3 Å². The second-order valence-electron chi connectivity index (χ2n) is 6.86. The second-order valence-corrected chi connectivity index (χ2v) is 11.1. The number of hydrogen-bond donors (Lipinski definition) is 0. The Bertz CT molecular complexity index is 1110. The first-order chi connectivity index (χ1) is 13.7. The van der Waals surface area contributed by atoms with Crippen molar-refractivity contribution >= 4 is 61.6 Å². The predicted octanol–water partition coefficient (Wildman–Crippen LogP) is 3.98. The minimum atomic E-state index is -3.18. The minimum absolute atomic E-state index is 0.0140. The summed E-state index contributed by atoms with van der Waals surface area (Å²) in [5.41, 5.74) is 1.20. The fraction of sp³-hybridized carbons (Fsp3) is 0.263. The number of rotatable bonds is 3. The molecule has 2 atom stereocenters. The van der Waals surface area contributed by atoms with E-state index in [4.69, 9.17) is 23.2 Å². The van der Waals surface area contributed by atoms with Crippen LogP contribution in [0, 0.1) is 5.82 Å². The molecule has 152 valence electrons. The van der Waals surface area contributed by atoms with Gasteiger partial charge in [0.2, 0.25) is 0 Å². The molecule has 0 aromatic heterocycles. The number of amidine groups is 1. The van der Waals surface area contributed by atoms with Crippen LogP contribution in [0.25, 0.3) is 0 Å². The topological polar surface area (TPSA) is 66.8 Å². The molecule has 0 N–H and O–H groups in total. The molecule has 0 aliphatic carbocycles. The molecule has 2 aliphatic rings. The van der Waals surface area contributed by atoms with Crippen LogP contribution < -0.4 is 4.90 Å². The Labute approximate surface area is 181 Å². The van der Waals surface area contributed by atoms with Gasteiger partial charge in [-0.3, -0.25) is 4.79 Å². The Balaban J connectivity index is 1.66. The van der Waals surface area contributed by atoms with Crippen molar-refractivity contribution in [3.8, 4) is 0 Å². The summed E-state index contributed by atoms with van der Waals surface area (Å²) in [6.45, 7) is 0. The first kappa shape index (κ1) is 20.7. The number of fused-ring (bicyclic) bond motifs is 1. The van der Waals surface area contributed by atoms with Gasteiger partial charge < -0.3 is 4.90 Å². The highest BCUT2D eigenvalue weighted by Crippen LogP contribution is 2.43. The molecule has 2 aliphatic heterocycles. The molecule has 0 bridgehead atoms. The predicted molar refractivity (Wildman–Crippen MR) is 115 cm³/mol. The lowest BCUT2D eigenvalue weighted by Gasteiger charge is -2.25. The van der Waals surface area contributed by atoms with Gasteiger partial charge in [0.25, 0.3) is 5.91 Å². The number of hydrogen-bond acceptors (Lipinski definition) is 4. The third kappa shape index (κ3) is 4.45. The van der Waals surface area contributed by atoms with Crippen LogP contribution in [0.3, 0.4) is 0 Å². The van der Waals surface area contributed by atoms with Crippen molar-refractivity contribution in [3.63, 3.8) is 0 Å². The van der Waals surface area contributed by atoms with Gasteiger partial charge >= 0.3 is 0 Å². The summed E-state index contributed by atoms with van der Waals surface area (Å²) in [6.07, 6.45) is 0.0140. The van der Waals surface area contributed by atoms with Crippen molar-refractivity contribution in [1.29, 1.82) is 0 Å². The van der Waals surface area contributed by atoms with Crippen molar-refractivity contribution in [2.45, 2.75) is 17.7 Å². The standard InChI is InChI=1S/C19H15Cl2FN2O3S2/c20-12-3-6-15(14(21)8-12)24-16-9-29(26,27)10-17(16)28-19(24)23-18(25)7-11-1-4-13(22)5-2-11/h1-6,8,16-17H,7,9-10H2/t16-,17-/m1/s1. The zero-order chi connectivity index (χ0) is 20.8. The van der Waals surface area contributed by atoms with Gasteiger partial charge in [0, 0.05) is 10.3 Å². The fourth-order valence-corrected chi connectivity index (χ4v) is 7.87. The molecule has 5 nitrogen and oxygen atoms in total. The summed E-state index contributed by atoms with van der Waals surface area (Å²) in [6, 6.07) is 10.2. The molecular formula is C19H15Cl2FN2O3S2. The third-order valence-corrected chi connectivity index (χ3v) is 8.47. The molecule has 2 aromatic carbocycles. The molecule has 2 saturated heterocycles. The summed E-state index contributed by atoms with van der Waals surface area (Å²) < 4.78 is 37.3. The fourth-order valence-electron chi connectivity index (χ4n) is 3.45. The number of nitrogens with zero attached hydrogens (tertiary/aromatic N) is 2. The van der Waals surface area contributed by atoms with E-state index >= 15 is 0 Å². The normalized spacial score (nSPS) is 24.1. The van der Waals surface area contributed by atoms with Gasteiger partial charge in [-0.2, -0.15) is 4.99 Å². The lowest BCUT2D eigenvalue weighted by molar-refractivity contribution is -0.117. The van der Waals surface area contributed by atoms with Crippen LogP contribution in [0.5, 0.6) is 0 Å². The van der Waals surface area contributed by atoms with Crippen LogP contribution in [0.1, 0.15) is 5.56 Å². The number of aliphatic imine (C=N–C) groups is 1. The molecule has 0 unspecified atom stereocenters. The average molecular weight is 473 g/mol. The number of benzene rings is 2. The highest BCUT2D eigenvalue weighted by atomic mass is 35.5. The van der Waals surface area contributed by atoms with E-state index in [1.165, 1.54) is 36.0 Å². The number of amides is 1. The molecule has 2 fully saturated rings. The Morgan fingerprint density at radius 1 is 1.17 bits per heavy atom. The van der Waals surface area contributed by atoms with Gasteiger partial charge in [0.15, 0.2) is 15.0 Å². The lowest BCUT2D eigenvalue weighted by Crippen LogP contribution is -2.38. The number of sulfone groups is 1. The Morgan fingerprint density at radius 3 is 2.59 bits per heavy atom. The van der Waals surface area contributed by atoms with E-state index in [2.05, 4.69) is 4.99 Å². The van der Waals surface area contributed by atoms with Crippen LogP contribution in [-0.2, 0) is 21.1 Å². The minimum Gasteiger partial charge on any atom is -0.314 e. The molecule has 2 aromatic rings. The third-order valence-electron chi connectivity index (χ3n) is 4.72. The number of anilines is 1. The van der Waals surface area contributed by atoms with Crippen molar-refractivity contribution in [3.05, 3.63) is 63.9 Å². The summed E-state index contributed by atoms with van der Waals surface area (Å²) in [5.74, 6) is -0.794. The van der Waals surface area contributed by atoms with Crippen molar-refractivity contribution < 1.29 is 17.6 Å². The molecule has 10 heteroatoms. The molecular weight excluding hydrogens is 458 g/mol. The van der Waals surface area contributed by atoms with E-state index in [0.717, 1.165) is 0 Å². The zero-order valence-electron chi connectivity index (χ0n) is 14.9.